The van der Waals surface area contributed by atoms with Gasteiger partial charge in [-0.05, 0) is 30.3 Å². The van der Waals surface area contributed by atoms with Gasteiger partial charge in [0.25, 0.3) is 11.1 Å². The summed E-state index contributed by atoms with van der Waals surface area (Å²) in [6.45, 7) is 2.31. The van der Waals surface area contributed by atoms with E-state index in [1.54, 1.807) is 36.2 Å². The van der Waals surface area contributed by atoms with Gasteiger partial charge in [-0.2, -0.15) is 0 Å². The molecule has 2 aliphatic rings. The van der Waals surface area contributed by atoms with Crippen LogP contribution in [0.5, 0.6) is 0 Å². The Morgan fingerprint density at radius 2 is 1.97 bits per heavy atom. The van der Waals surface area contributed by atoms with Crippen molar-refractivity contribution in [1.29, 1.82) is 0 Å². The van der Waals surface area contributed by atoms with Crippen LogP contribution in [0.25, 0.3) is 0 Å². The number of cyclic esters (lactones) is 1. The smallest absolute Gasteiger partial charge is 0.414 e. The molecule has 0 radical (unpaired) electrons. The highest BCUT2D eigenvalue weighted by Crippen LogP contribution is 2.29. The molecule has 176 valence electrons. The summed E-state index contributed by atoms with van der Waals surface area (Å²) in [5, 5.41) is -0.430. The number of piperazine rings is 1. The van der Waals surface area contributed by atoms with Gasteiger partial charge in [0.05, 0.1) is 33.7 Å². The summed E-state index contributed by atoms with van der Waals surface area (Å²) in [6, 6.07) is 8.01. The molecule has 8 nitrogen and oxygen atoms in total. The average Bonchev–Trinajstić information content (AvgIpc) is 3.38. The fraction of sp³-hybridized carbons (Fsp3) is 0.381. The van der Waals surface area contributed by atoms with E-state index >= 15 is 0 Å². The monoisotopic (exact) mass is 512 g/mol. The van der Waals surface area contributed by atoms with Gasteiger partial charge in [0, 0.05) is 33.2 Å². The fourth-order valence-electron chi connectivity index (χ4n) is 3.87. The Morgan fingerprint density at radius 3 is 2.58 bits per heavy atom. The van der Waals surface area contributed by atoms with Crippen molar-refractivity contribution in [2.24, 2.45) is 0 Å². The SMILES string of the molecule is CN(C[C@@H]1CN(c2ccc(N3CCN(C(=O)c4ccc(Cl)s4)CC3)c(F)c2)C(=O)O1)C(=O)S. The lowest BCUT2D eigenvalue weighted by atomic mass is 10.2. The first-order valence-electron chi connectivity index (χ1n) is 10.2. The molecule has 12 heteroatoms. The van der Waals surface area contributed by atoms with Crippen LogP contribution in [0.4, 0.5) is 25.4 Å². The molecule has 3 amide bonds. The molecule has 0 bridgehead atoms. The number of thiophene rings is 1. The molecule has 4 rings (SSSR count). The second-order valence-corrected chi connectivity index (χ2v) is 9.90. The molecule has 2 aliphatic heterocycles. The zero-order valence-corrected chi connectivity index (χ0v) is 20.2. The Bertz CT molecular complexity index is 1080. The van der Waals surface area contributed by atoms with Crippen LogP contribution in [0.3, 0.4) is 0 Å². The number of halogens is 2. The van der Waals surface area contributed by atoms with Gasteiger partial charge in [0.15, 0.2) is 0 Å². The van der Waals surface area contributed by atoms with Crippen LogP contribution in [0.2, 0.25) is 4.34 Å². The van der Waals surface area contributed by atoms with Crippen molar-refractivity contribution in [3.8, 4) is 0 Å². The number of hydrogen-bond donors (Lipinski definition) is 1. The summed E-state index contributed by atoms with van der Waals surface area (Å²) in [7, 11) is 1.56. The van der Waals surface area contributed by atoms with Crippen LogP contribution < -0.4 is 9.80 Å². The maximum Gasteiger partial charge on any atom is 0.414 e. The lowest BCUT2D eigenvalue weighted by molar-refractivity contribution is 0.0751. The van der Waals surface area contributed by atoms with Crippen molar-refractivity contribution in [3.05, 3.63) is 45.4 Å². The highest BCUT2D eigenvalue weighted by atomic mass is 35.5. The third-order valence-corrected chi connectivity index (χ3v) is 7.17. The van der Waals surface area contributed by atoms with Crippen molar-refractivity contribution in [3.63, 3.8) is 0 Å². The van der Waals surface area contributed by atoms with Crippen LogP contribution in [0.1, 0.15) is 9.67 Å². The van der Waals surface area contributed by atoms with Gasteiger partial charge in [-0.1, -0.05) is 24.2 Å². The second kappa shape index (κ2) is 9.78. The molecule has 1 aromatic heterocycles. The molecule has 2 fully saturated rings. The number of benzene rings is 1. The third kappa shape index (κ3) is 5.20. The first-order valence-corrected chi connectivity index (χ1v) is 11.9. The largest absolute Gasteiger partial charge is 0.442 e. The van der Waals surface area contributed by atoms with E-state index in [9.17, 15) is 18.8 Å². The van der Waals surface area contributed by atoms with E-state index in [0.29, 0.717) is 46.8 Å². The number of thiol groups is 1. The zero-order chi connectivity index (χ0) is 23.7. The molecule has 1 aromatic carbocycles. The number of rotatable bonds is 5. The minimum atomic E-state index is -0.590. The van der Waals surface area contributed by atoms with E-state index in [4.69, 9.17) is 16.3 Å². The summed E-state index contributed by atoms with van der Waals surface area (Å²) in [4.78, 5) is 43.0. The van der Waals surface area contributed by atoms with E-state index in [-0.39, 0.29) is 19.0 Å². The topological polar surface area (TPSA) is 73.4 Å². The normalized spacial score (nSPS) is 18.5. The van der Waals surface area contributed by atoms with Gasteiger partial charge in [-0.25, -0.2) is 9.18 Å². The number of amides is 3. The van der Waals surface area contributed by atoms with Gasteiger partial charge in [0.2, 0.25) is 0 Å². The lowest BCUT2D eigenvalue weighted by Gasteiger charge is -2.36. The minimum absolute atomic E-state index is 0.0743. The van der Waals surface area contributed by atoms with E-state index in [2.05, 4.69) is 12.6 Å². The average molecular weight is 513 g/mol. The third-order valence-electron chi connectivity index (χ3n) is 5.61. The summed E-state index contributed by atoms with van der Waals surface area (Å²) in [5.41, 5.74) is 0.793. The number of anilines is 2. The van der Waals surface area contributed by atoms with Gasteiger partial charge >= 0.3 is 6.09 Å². The first kappa shape index (κ1) is 23.7. The van der Waals surface area contributed by atoms with Gasteiger partial charge in [-0.15, -0.1) is 11.3 Å². The van der Waals surface area contributed by atoms with Crippen molar-refractivity contribution < 1.29 is 23.5 Å². The van der Waals surface area contributed by atoms with Crippen molar-refractivity contribution >= 4 is 64.2 Å². The number of ether oxygens (including phenoxy) is 1. The molecule has 0 N–H and O–H groups in total. The Morgan fingerprint density at radius 1 is 1.24 bits per heavy atom. The van der Waals surface area contributed by atoms with Crippen molar-refractivity contribution in [2.45, 2.75) is 6.10 Å². The van der Waals surface area contributed by atoms with Crippen molar-refractivity contribution in [1.82, 2.24) is 9.80 Å². The second-order valence-electron chi connectivity index (χ2n) is 7.80. The molecular formula is C21H22ClFN4O4S2. The molecule has 2 saturated heterocycles. The minimum Gasteiger partial charge on any atom is -0.442 e. The van der Waals surface area contributed by atoms with Gasteiger partial charge in [0.1, 0.15) is 11.9 Å². The highest BCUT2D eigenvalue weighted by molar-refractivity contribution is 7.96. The standard InChI is InChI=1S/C21H22ClFN4O4S2/c1-24(21(30)32)11-14-12-27(20(29)31-14)13-2-3-16(15(23)10-13)25-6-8-26(9-7-25)19(28)17-4-5-18(22)33-17/h2-5,10,14H,6-9,11-12H2,1H3,(H,30,32)/t14-/m1/s1. The summed E-state index contributed by atoms with van der Waals surface area (Å²) < 4.78 is 20.8. The Kier molecular flexibility index (Phi) is 7.01. The number of hydrogen-bond acceptors (Lipinski definition) is 6. The van der Waals surface area contributed by atoms with Crippen LogP contribution in [0, 0.1) is 5.82 Å². The molecule has 0 unspecified atom stereocenters. The van der Waals surface area contributed by atoms with Crippen LogP contribution >= 0.6 is 35.6 Å². The maximum absolute atomic E-state index is 15.0. The molecule has 3 heterocycles. The zero-order valence-electron chi connectivity index (χ0n) is 17.7. The number of carbonyl (C=O) groups is 3. The molecule has 0 spiro atoms. The Hall–Kier alpha value is -2.50. The Labute approximate surface area is 204 Å². The van der Waals surface area contributed by atoms with E-state index in [1.165, 1.54) is 27.2 Å². The quantitative estimate of drug-likeness (QED) is 0.617. The molecule has 0 aliphatic carbocycles. The number of likely N-dealkylation sites (N-methyl/N-ethyl adjacent to an activating group) is 1. The summed E-state index contributed by atoms with van der Waals surface area (Å²) >= 11 is 10.9. The summed E-state index contributed by atoms with van der Waals surface area (Å²) in [6.07, 6.45) is -1.11. The predicted molar refractivity (Wildman–Crippen MR) is 128 cm³/mol. The van der Waals surface area contributed by atoms with Crippen LogP contribution in [0.15, 0.2) is 30.3 Å². The van der Waals surface area contributed by atoms with Crippen LogP contribution in [-0.2, 0) is 4.74 Å². The molecule has 2 aromatic rings. The predicted octanol–water partition coefficient (Wildman–Crippen LogP) is 3.81. The molecule has 1 atom stereocenters. The van der Waals surface area contributed by atoms with E-state index in [1.807, 2.05) is 4.90 Å². The molecule has 0 saturated carbocycles. The van der Waals surface area contributed by atoms with E-state index < -0.39 is 23.3 Å². The van der Waals surface area contributed by atoms with Crippen molar-refractivity contribution in [2.75, 3.05) is 56.1 Å². The first-order chi connectivity index (χ1) is 15.7. The molecule has 33 heavy (non-hydrogen) atoms. The fourth-order valence-corrected chi connectivity index (χ4v) is 4.96. The van der Waals surface area contributed by atoms with E-state index in [0.717, 1.165) is 0 Å². The highest BCUT2D eigenvalue weighted by Gasteiger charge is 2.34. The maximum atomic E-state index is 15.0. The number of carbonyl (C=O) groups excluding carboxylic acids is 3. The lowest BCUT2D eigenvalue weighted by Crippen LogP contribution is -2.48. The Balaban J connectivity index is 1.38. The number of nitrogens with zero attached hydrogens (tertiary/aromatic N) is 4. The summed E-state index contributed by atoms with van der Waals surface area (Å²) in [5.74, 6) is -0.536. The van der Waals surface area contributed by atoms with Crippen LogP contribution in [-0.4, -0.2) is 79.5 Å². The van der Waals surface area contributed by atoms with Gasteiger partial charge < -0.3 is 19.4 Å². The molecular weight excluding hydrogens is 491 g/mol. The van der Waals surface area contributed by atoms with Gasteiger partial charge in [-0.3, -0.25) is 14.5 Å².